The molecule has 1 saturated heterocycles. The van der Waals surface area contributed by atoms with Gasteiger partial charge in [-0.25, -0.2) is 0 Å². The lowest BCUT2D eigenvalue weighted by Gasteiger charge is -2.30. The number of hydrogen-bond acceptors (Lipinski definition) is 3. The molecule has 0 aromatic heterocycles. The van der Waals surface area contributed by atoms with Crippen LogP contribution in [0.5, 0.6) is 0 Å². The number of β-amino-alcohol motifs (C(OH)–C–C–N with tert-alkyl or cyclic N) is 2. The summed E-state index contributed by atoms with van der Waals surface area (Å²) in [5.41, 5.74) is -0.552. The van der Waals surface area contributed by atoms with Gasteiger partial charge in [0.15, 0.2) is 0 Å². The summed E-state index contributed by atoms with van der Waals surface area (Å²) in [4.78, 5) is 2.15. The topological polar surface area (TPSA) is 43.7 Å². The van der Waals surface area contributed by atoms with E-state index in [0.717, 1.165) is 32.4 Å². The van der Waals surface area contributed by atoms with Crippen molar-refractivity contribution >= 4 is 0 Å². The molecule has 0 bridgehead atoms. The van der Waals surface area contributed by atoms with Crippen molar-refractivity contribution < 1.29 is 10.2 Å². The Hall–Kier alpha value is -0.120. The van der Waals surface area contributed by atoms with E-state index in [1.165, 1.54) is 0 Å². The van der Waals surface area contributed by atoms with Crippen molar-refractivity contribution in [2.24, 2.45) is 0 Å². The average Bonchev–Trinajstić information content (AvgIpc) is 2.51. The Morgan fingerprint density at radius 2 is 2.00 bits per heavy atom. The first-order valence-electron chi connectivity index (χ1n) is 5.22. The first-order valence-corrected chi connectivity index (χ1v) is 5.22. The second-order valence-electron chi connectivity index (χ2n) is 4.11. The SMILES string of the molecule is CCC(O)(CC)CN1CCC(O)C1. The highest BCUT2D eigenvalue weighted by Crippen LogP contribution is 2.19. The van der Waals surface area contributed by atoms with E-state index >= 15 is 0 Å². The summed E-state index contributed by atoms with van der Waals surface area (Å²) in [5.74, 6) is 0. The van der Waals surface area contributed by atoms with Gasteiger partial charge in [-0.2, -0.15) is 0 Å². The zero-order valence-electron chi connectivity index (χ0n) is 8.66. The number of hydrogen-bond donors (Lipinski definition) is 2. The Labute approximate surface area is 80.4 Å². The largest absolute Gasteiger partial charge is 0.392 e. The van der Waals surface area contributed by atoms with Gasteiger partial charge in [0.25, 0.3) is 0 Å². The number of nitrogens with zero attached hydrogens (tertiary/aromatic N) is 1. The van der Waals surface area contributed by atoms with E-state index < -0.39 is 5.60 Å². The number of rotatable bonds is 4. The molecule has 1 heterocycles. The van der Waals surface area contributed by atoms with Crippen molar-refractivity contribution in [2.45, 2.75) is 44.8 Å². The molecular weight excluding hydrogens is 166 g/mol. The van der Waals surface area contributed by atoms with Gasteiger partial charge < -0.3 is 10.2 Å². The minimum atomic E-state index is -0.552. The third-order valence-electron chi connectivity index (χ3n) is 3.08. The standard InChI is InChI=1S/C10H21NO2/c1-3-10(13,4-2)8-11-6-5-9(12)7-11/h9,12-13H,3-8H2,1-2H3. The van der Waals surface area contributed by atoms with Crippen molar-refractivity contribution in [3.8, 4) is 0 Å². The summed E-state index contributed by atoms with van der Waals surface area (Å²) in [6, 6.07) is 0. The lowest BCUT2D eigenvalue weighted by Crippen LogP contribution is -2.41. The van der Waals surface area contributed by atoms with Gasteiger partial charge >= 0.3 is 0 Å². The Morgan fingerprint density at radius 3 is 2.38 bits per heavy atom. The predicted molar refractivity (Wildman–Crippen MR) is 52.6 cm³/mol. The second-order valence-corrected chi connectivity index (χ2v) is 4.11. The molecule has 1 aliphatic heterocycles. The molecular formula is C10H21NO2. The molecule has 0 aliphatic carbocycles. The van der Waals surface area contributed by atoms with E-state index in [-0.39, 0.29) is 6.10 Å². The van der Waals surface area contributed by atoms with E-state index in [9.17, 15) is 10.2 Å². The lowest BCUT2D eigenvalue weighted by molar-refractivity contribution is -0.0000959. The van der Waals surface area contributed by atoms with Gasteiger partial charge in [0.1, 0.15) is 0 Å². The summed E-state index contributed by atoms with van der Waals surface area (Å²) in [5, 5.41) is 19.4. The molecule has 0 aromatic carbocycles. The first kappa shape index (κ1) is 11.0. The molecule has 3 nitrogen and oxygen atoms in total. The van der Waals surface area contributed by atoms with Crippen molar-refractivity contribution in [3.05, 3.63) is 0 Å². The van der Waals surface area contributed by atoms with Gasteiger partial charge in [-0.1, -0.05) is 13.8 Å². The van der Waals surface area contributed by atoms with Gasteiger partial charge in [0, 0.05) is 19.6 Å². The number of aliphatic hydroxyl groups is 2. The van der Waals surface area contributed by atoms with Crippen LogP contribution in [0.15, 0.2) is 0 Å². The number of aliphatic hydroxyl groups excluding tert-OH is 1. The van der Waals surface area contributed by atoms with Gasteiger partial charge in [-0.15, -0.1) is 0 Å². The Bertz CT molecular complexity index is 157. The Morgan fingerprint density at radius 1 is 1.38 bits per heavy atom. The minimum Gasteiger partial charge on any atom is -0.392 e. The van der Waals surface area contributed by atoms with Crippen LogP contribution in [0.1, 0.15) is 33.1 Å². The molecule has 78 valence electrons. The van der Waals surface area contributed by atoms with E-state index in [1.807, 2.05) is 13.8 Å². The summed E-state index contributed by atoms with van der Waals surface area (Å²) in [6.07, 6.45) is 2.24. The van der Waals surface area contributed by atoms with Crippen LogP contribution in [0.25, 0.3) is 0 Å². The van der Waals surface area contributed by atoms with E-state index in [0.29, 0.717) is 6.54 Å². The first-order chi connectivity index (χ1) is 6.09. The van der Waals surface area contributed by atoms with Crippen LogP contribution in [0.2, 0.25) is 0 Å². The van der Waals surface area contributed by atoms with Crippen LogP contribution in [0.3, 0.4) is 0 Å². The van der Waals surface area contributed by atoms with Crippen LogP contribution in [-0.4, -0.2) is 46.5 Å². The van der Waals surface area contributed by atoms with Crippen molar-refractivity contribution in [1.82, 2.24) is 4.90 Å². The summed E-state index contributed by atoms with van der Waals surface area (Å²) in [7, 11) is 0. The molecule has 3 heteroatoms. The molecule has 1 atom stereocenters. The third-order valence-corrected chi connectivity index (χ3v) is 3.08. The van der Waals surface area contributed by atoms with Crippen LogP contribution in [0.4, 0.5) is 0 Å². The van der Waals surface area contributed by atoms with Crippen LogP contribution < -0.4 is 0 Å². The summed E-state index contributed by atoms with van der Waals surface area (Å²) >= 11 is 0. The third kappa shape index (κ3) is 2.93. The molecule has 0 amide bonds. The molecule has 1 aliphatic rings. The molecule has 1 fully saturated rings. The maximum absolute atomic E-state index is 10.1. The summed E-state index contributed by atoms with van der Waals surface area (Å²) in [6.45, 7) is 6.37. The Kier molecular flexibility index (Phi) is 3.71. The fourth-order valence-electron chi connectivity index (χ4n) is 1.85. The highest BCUT2D eigenvalue weighted by molar-refractivity contribution is 4.84. The Balaban J connectivity index is 2.38. The molecule has 2 N–H and O–H groups in total. The van der Waals surface area contributed by atoms with Gasteiger partial charge in [0.05, 0.1) is 11.7 Å². The highest BCUT2D eigenvalue weighted by atomic mass is 16.3. The molecule has 0 saturated carbocycles. The van der Waals surface area contributed by atoms with Crippen molar-refractivity contribution in [3.63, 3.8) is 0 Å². The highest BCUT2D eigenvalue weighted by Gasteiger charge is 2.29. The maximum Gasteiger partial charge on any atom is 0.0768 e. The molecule has 0 radical (unpaired) electrons. The van der Waals surface area contributed by atoms with Gasteiger partial charge in [-0.3, -0.25) is 4.90 Å². The average molecular weight is 187 g/mol. The second kappa shape index (κ2) is 4.40. The maximum atomic E-state index is 10.1. The van der Waals surface area contributed by atoms with Crippen LogP contribution in [0, 0.1) is 0 Å². The van der Waals surface area contributed by atoms with Crippen molar-refractivity contribution in [1.29, 1.82) is 0 Å². The molecule has 13 heavy (non-hydrogen) atoms. The zero-order valence-corrected chi connectivity index (χ0v) is 8.66. The molecule has 1 unspecified atom stereocenters. The monoisotopic (exact) mass is 187 g/mol. The zero-order chi connectivity index (χ0) is 9.90. The summed E-state index contributed by atoms with van der Waals surface area (Å²) < 4.78 is 0. The van der Waals surface area contributed by atoms with Gasteiger partial charge in [-0.05, 0) is 19.3 Å². The van der Waals surface area contributed by atoms with E-state index in [2.05, 4.69) is 4.90 Å². The molecule has 0 spiro atoms. The molecule has 1 rings (SSSR count). The fraction of sp³-hybridized carbons (Fsp3) is 1.00. The smallest absolute Gasteiger partial charge is 0.0768 e. The van der Waals surface area contributed by atoms with Crippen LogP contribution >= 0.6 is 0 Å². The van der Waals surface area contributed by atoms with E-state index in [1.54, 1.807) is 0 Å². The van der Waals surface area contributed by atoms with E-state index in [4.69, 9.17) is 0 Å². The number of likely N-dealkylation sites (tertiary alicyclic amines) is 1. The molecule has 0 aromatic rings. The normalized spacial score (nSPS) is 25.4. The lowest BCUT2D eigenvalue weighted by atomic mass is 9.97. The quantitative estimate of drug-likeness (QED) is 0.677. The predicted octanol–water partition coefficient (Wildman–Crippen LogP) is 0.604. The van der Waals surface area contributed by atoms with Crippen LogP contribution in [-0.2, 0) is 0 Å². The minimum absolute atomic E-state index is 0.182. The van der Waals surface area contributed by atoms with Gasteiger partial charge in [0.2, 0.25) is 0 Å². The van der Waals surface area contributed by atoms with Crippen molar-refractivity contribution in [2.75, 3.05) is 19.6 Å². The fourth-order valence-corrected chi connectivity index (χ4v) is 1.85.